The highest BCUT2D eigenvalue weighted by molar-refractivity contribution is 5.75. The van der Waals surface area contributed by atoms with Gasteiger partial charge < -0.3 is 15.1 Å². The molecular weight excluding hydrogens is 310 g/mol. The second-order valence-corrected chi connectivity index (χ2v) is 6.73. The van der Waals surface area contributed by atoms with Crippen molar-refractivity contribution in [2.75, 3.05) is 37.0 Å². The predicted molar refractivity (Wildman–Crippen MR) is 104 cm³/mol. The van der Waals surface area contributed by atoms with Crippen LogP contribution in [0.3, 0.4) is 0 Å². The highest BCUT2D eigenvalue weighted by atomic mass is 16.1. The van der Waals surface area contributed by atoms with Crippen LogP contribution in [0.25, 0.3) is 0 Å². The molecular formula is C21H27N3O. The molecule has 132 valence electrons. The predicted octanol–water partition coefficient (Wildman–Crippen LogP) is 3.38. The van der Waals surface area contributed by atoms with Crippen LogP contribution in [-0.4, -0.2) is 33.1 Å². The topological polar surface area (TPSA) is 35.6 Å². The molecule has 0 radical (unpaired) electrons. The Morgan fingerprint density at radius 3 is 2.56 bits per heavy atom. The van der Waals surface area contributed by atoms with Gasteiger partial charge in [0.05, 0.1) is 6.04 Å². The zero-order valence-corrected chi connectivity index (χ0v) is 15.3. The first-order chi connectivity index (χ1) is 12.1. The van der Waals surface area contributed by atoms with Crippen molar-refractivity contribution in [2.45, 2.75) is 25.8 Å². The summed E-state index contributed by atoms with van der Waals surface area (Å²) in [4.78, 5) is 16.3. The van der Waals surface area contributed by atoms with Gasteiger partial charge in [-0.2, -0.15) is 0 Å². The molecule has 1 unspecified atom stereocenters. The van der Waals surface area contributed by atoms with E-state index in [9.17, 15) is 4.79 Å². The minimum absolute atomic E-state index is 0.0994. The zero-order chi connectivity index (χ0) is 17.8. The quantitative estimate of drug-likeness (QED) is 0.878. The Hall–Kier alpha value is -2.49. The Bertz CT molecular complexity index is 724. The van der Waals surface area contributed by atoms with Crippen molar-refractivity contribution in [3.05, 3.63) is 59.7 Å². The zero-order valence-electron chi connectivity index (χ0n) is 15.3. The number of hydrogen-bond donors (Lipinski definition) is 1. The molecule has 1 heterocycles. The van der Waals surface area contributed by atoms with Crippen molar-refractivity contribution in [1.82, 2.24) is 5.32 Å². The van der Waals surface area contributed by atoms with Crippen LogP contribution >= 0.6 is 0 Å². The molecule has 0 aliphatic carbocycles. The van der Waals surface area contributed by atoms with E-state index < -0.39 is 0 Å². The number of hydrogen-bond acceptors (Lipinski definition) is 3. The molecule has 1 aliphatic heterocycles. The maximum Gasteiger partial charge on any atom is 0.219 e. The smallest absolute Gasteiger partial charge is 0.219 e. The lowest BCUT2D eigenvalue weighted by molar-refractivity contribution is -0.120. The molecule has 25 heavy (non-hydrogen) atoms. The van der Waals surface area contributed by atoms with Crippen molar-refractivity contribution < 1.29 is 4.79 Å². The minimum Gasteiger partial charge on any atom is -0.378 e. The Kier molecular flexibility index (Phi) is 5.27. The summed E-state index contributed by atoms with van der Waals surface area (Å²) in [5, 5.41) is 3.08. The van der Waals surface area contributed by atoms with Gasteiger partial charge in [-0.25, -0.2) is 0 Å². The lowest BCUT2D eigenvalue weighted by Gasteiger charge is -2.31. The number of rotatable bonds is 6. The van der Waals surface area contributed by atoms with Crippen LogP contribution < -0.4 is 15.1 Å². The number of carbonyl (C=O) groups is 1. The fourth-order valence-corrected chi connectivity index (χ4v) is 3.43. The maximum atomic E-state index is 11.8. The number of nitrogens with one attached hydrogen (secondary N) is 1. The molecule has 1 atom stereocenters. The van der Waals surface area contributed by atoms with Gasteiger partial charge in [0.15, 0.2) is 0 Å². The van der Waals surface area contributed by atoms with E-state index in [1.54, 1.807) is 0 Å². The second kappa shape index (κ2) is 7.60. The lowest BCUT2D eigenvalue weighted by Crippen LogP contribution is -2.37. The molecule has 2 aromatic carbocycles. The van der Waals surface area contributed by atoms with E-state index in [0.717, 1.165) is 13.0 Å². The summed E-state index contributed by atoms with van der Waals surface area (Å²) in [5.74, 6) is 0.0994. The number of anilines is 2. The van der Waals surface area contributed by atoms with Crippen LogP contribution in [0.5, 0.6) is 0 Å². The summed E-state index contributed by atoms with van der Waals surface area (Å²) in [6.45, 7) is 3.51. The van der Waals surface area contributed by atoms with Gasteiger partial charge in [-0.3, -0.25) is 4.79 Å². The second-order valence-electron chi connectivity index (χ2n) is 6.73. The standard InChI is InChI=1S/C21H27N3O/c1-4-21(25)22-15-20(17-9-11-18(12-10-17)23(2)3)24-14-13-16-7-5-6-8-19(16)24/h5-12,20H,4,13-15H2,1-3H3,(H,22,25). The van der Waals surface area contributed by atoms with Crippen LogP contribution in [0.2, 0.25) is 0 Å². The average Bonchev–Trinajstić information content (AvgIpc) is 3.06. The molecule has 1 aliphatic rings. The highest BCUT2D eigenvalue weighted by Crippen LogP contribution is 2.35. The summed E-state index contributed by atoms with van der Waals surface area (Å²) in [7, 11) is 4.09. The van der Waals surface area contributed by atoms with E-state index in [0.29, 0.717) is 13.0 Å². The van der Waals surface area contributed by atoms with Gasteiger partial charge in [0.25, 0.3) is 0 Å². The highest BCUT2D eigenvalue weighted by Gasteiger charge is 2.27. The molecule has 1 N–H and O–H groups in total. The number of carbonyl (C=O) groups excluding carboxylic acids is 1. The third-order valence-corrected chi connectivity index (χ3v) is 4.91. The largest absolute Gasteiger partial charge is 0.378 e. The third kappa shape index (κ3) is 3.78. The van der Waals surface area contributed by atoms with E-state index in [-0.39, 0.29) is 11.9 Å². The molecule has 0 saturated heterocycles. The minimum atomic E-state index is 0.0994. The summed E-state index contributed by atoms with van der Waals surface area (Å²) >= 11 is 0. The van der Waals surface area contributed by atoms with Gasteiger partial charge in [0.1, 0.15) is 0 Å². The van der Waals surface area contributed by atoms with Gasteiger partial charge in [-0.1, -0.05) is 37.3 Å². The van der Waals surface area contributed by atoms with E-state index in [4.69, 9.17) is 0 Å². The molecule has 4 heteroatoms. The Morgan fingerprint density at radius 2 is 1.88 bits per heavy atom. The van der Waals surface area contributed by atoms with Crippen molar-refractivity contribution >= 4 is 17.3 Å². The van der Waals surface area contributed by atoms with E-state index in [1.807, 2.05) is 21.0 Å². The molecule has 0 bridgehead atoms. The summed E-state index contributed by atoms with van der Waals surface area (Å²) in [5.41, 5.74) is 5.09. The van der Waals surface area contributed by atoms with Crippen molar-refractivity contribution in [2.24, 2.45) is 0 Å². The van der Waals surface area contributed by atoms with Crippen LogP contribution in [0.1, 0.15) is 30.5 Å². The number of nitrogens with zero attached hydrogens (tertiary/aromatic N) is 2. The Morgan fingerprint density at radius 1 is 1.16 bits per heavy atom. The van der Waals surface area contributed by atoms with Crippen molar-refractivity contribution in [3.63, 3.8) is 0 Å². The van der Waals surface area contributed by atoms with E-state index in [2.05, 4.69) is 63.6 Å². The average molecular weight is 337 g/mol. The summed E-state index contributed by atoms with van der Waals surface area (Å²) in [6.07, 6.45) is 1.58. The first-order valence-electron chi connectivity index (χ1n) is 8.98. The lowest BCUT2D eigenvalue weighted by atomic mass is 10.0. The monoisotopic (exact) mass is 337 g/mol. The van der Waals surface area contributed by atoms with Gasteiger partial charge in [0, 0.05) is 45.0 Å². The molecule has 3 rings (SSSR count). The van der Waals surface area contributed by atoms with E-state index in [1.165, 1.54) is 22.5 Å². The normalized spacial score (nSPS) is 14.1. The van der Waals surface area contributed by atoms with Crippen LogP contribution in [0.4, 0.5) is 11.4 Å². The number of amides is 1. The molecule has 0 spiro atoms. The fraction of sp³-hybridized carbons (Fsp3) is 0.381. The van der Waals surface area contributed by atoms with E-state index >= 15 is 0 Å². The fourth-order valence-electron chi connectivity index (χ4n) is 3.43. The molecule has 2 aromatic rings. The van der Waals surface area contributed by atoms with Gasteiger partial charge >= 0.3 is 0 Å². The Labute approximate surface area is 150 Å². The first kappa shape index (κ1) is 17.3. The number of benzene rings is 2. The molecule has 0 fully saturated rings. The summed E-state index contributed by atoms with van der Waals surface area (Å²) in [6, 6.07) is 17.4. The van der Waals surface area contributed by atoms with Crippen molar-refractivity contribution in [3.8, 4) is 0 Å². The molecule has 0 saturated carbocycles. The molecule has 1 amide bonds. The van der Waals surface area contributed by atoms with Gasteiger partial charge in [-0.05, 0) is 35.7 Å². The molecule has 0 aromatic heterocycles. The van der Waals surface area contributed by atoms with Gasteiger partial charge in [-0.15, -0.1) is 0 Å². The SMILES string of the molecule is CCC(=O)NCC(c1ccc(N(C)C)cc1)N1CCc2ccccc21. The summed E-state index contributed by atoms with van der Waals surface area (Å²) < 4.78 is 0. The number of fused-ring (bicyclic) bond motifs is 1. The maximum absolute atomic E-state index is 11.8. The number of para-hydroxylation sites is 1. The first-order valence-corrected chi connectivity index (χ1v) is 8.98. The third-order valence-electron chi connectivity index (χ3n) is 4.91. The molecule has 4 nitrogen and oxygen atoms in total. The van der Waals surface area contributed by atoms with Gasteiger partial charge in [0.2, 0.25) is 5.91 Å². The van der Waals surface area contributed by atoms with Crippen LogP contribution in [0.15, 0.2) is 48.5 Å². The van der Waals surface area contributed by atoms with Crippen LogP contribution in [0, 0.1) is 0 Å². The van der Waals surface area contributed by atoms with Crippen LogP contribution in [-0.2, 0) is 11.2 Å². The Balaban J connectivity index is 1.89. The van der Waals surface area contributed by atoms with Crippen molar-refractivity contribution in [1.29, 1.82) is 0 Å².